The molecule has 0 saturated carbocycles. The lowest BCUT2D eigenvalue weighted by molar-refractivity contribution is -0.149. The van der Waals surface area contributed by atoms with E-state index in [0.717, 1.165) is 69.0 Å². The number of phenols is 1. The van der Waals surface area contributed by atoms with Gasteiger partial charge in [-0.3, -0.25) is 0 Å². The molecule has 2 atom stereocenters. The van der Waals surface area contributed by atoms with Crippen LogP contribution in [0.2, 0.25) is 0 Å². The molecule has 1 aliphatic rings. The van der Waals surface area contributed by atoms with E-state index in [9.17, 15) is 15.0 Å². The summed E-state index contributed by atoms with van der Waals surface area (Å²) in [5.41, 5.74) is 5.93. The van der Waals surface area contributed by atoms with Crippen LogP contribution in [0.3, 0.4) is 0 Å². The number of nitrogens with zero attached hydrogens (tertiary/aromatic N) is 2. The van der Waals surface area contributed by atoms with E-state index in [4.69, 9.17) is 23.9 Å². The third kappa shape index (κ3) is 6.74. The lowest BCUT2D eigenvalue weighted by atomic mass is 9.87. The highest BCUT2D eigenvalue weighted by molar-refractivity contribution is 5.85. The van der Waals surface area contributed by atoms with Gasteiger partial charge in [-0.1, -0.05) is 12.1 Å². The monoisotopic (exact) mass is 624 g/mol. The highest BCUT2D eigenvalue weighted by Crippen LogP contribution is 2.43. The van der Waals surface area contributed by atoms with Gasteiger partial charge in [-0.25, -0.2) is 9.78 Å². The fourth-order valence-electron chi connectivity index (χ4n) is 5.57. The number of carboxylic acid groups (broad SMARTS) is 1. The standard InChI is InChI=1S/C34H40N2O7.ClH/c1-7-40-29(33(38)39)16-23-8-10-24(11-9-23)41-18-30-35-27-13-12-25(17-28(27)36(30)6)42-19-34(5)15-14-26-22(4)31(37)20(2)21(3)32(26)43-34;/h8-13,17,29,37H,7,14-16,18-19H2,1-6H3,(H,38,39);1H. The summed E-state index contributed by atoms with van der Waals surface area (Å²) < 4.78 is 26.1. The summed E-state index contributed by atoms with van der Waals surface area (Å²) in [7, 11) is 1.95. The minimum absolute atomic E-state index is 0. The number of ether oxygens (including phenoxy) is 4. The highest BCUT2D eigenvalue weighted by Gasteiger charge is 2.35. The number of halogens is 1. The van der Waals surface area contributed by atoms with Crippen LogP contribution < -0.4 is 14.2 Å². The second-order valence-corrected chi connectivity index (χ2v) is 11.5. The van der Waals surface area contributed by atoms with E-state index >= 15 is 0 Å². The first-order chi connectivity index (χ1) is 20.5. The number of hydrogen-bond acceptors (Lipinski definition) is 7. The number of imidazole rings is 1. The van der Waals surface area contributed by atoms with Gasteiger partial charge in [-0.2, -0.15) is 0 Å². The molecule has 0 radical (unpaired) electrons. The van der Waals surface area contributed by atoms with Crippen LogP contribution in [0.4, 0.5) is 0 Å². The zero-order chi connectivity index (χ0) is 30.9. The lowest BCUT2D eigenvalue weighted by Crippen LogP contribution is -2.42. The number of fused-ring (bicyclic) bond motifs is 2. The van der Waals surface area contributed by atoms with E-state index in [1.807, 2.05) is 74.9 Å². The molecule has 9 nitrogen and oxygen atoms in total. The molecule has 44 heavy (non-hydrogen) atoms. The molecule has 2 N–H and O–H groups in total. The van der Waals surface area contributed by atoms with Crippen molar-refractivity contribution in [2.75, 3.05) is 13.2 Å². The maximum absolute atomic E-state index is 11.4. The first kappa shape index (κ1) is 33.0. The Morgan fingerprint density at radius 1 is 1.07 bits per heavy atom. The Hall–Kier alpha value is -3.95. The molecule has 1 aliphatic heterocycles. The summed E-state index contributed by atoms with van der Waals surface area (Å²) in [6.07, 6.45) is 1.03. The largest absolute Gasteiger partial charge is 0.507 e. The number of aryl methyl sites for hydroxylation is 1. The van der Waals surface area contributed by atoms with Crippen molar-refractivity contribution in [3.05, 3.63) is 76.1 Å². The summed E-state index contributed by atoms with van der Waals surface area (Å²) in [6.45, 7) is 10.7. The molecule has 0 saturated heterocycles. The average molecular weight is 625 g/mol. The highest BCUT2D eigenvalue weighted by atomic mass is 35.5. The molecule has 2 heterocycles. The van der Waals surface area contributed by atoms with Crippen LogP contribution in [0.25, 0.3) is 11.0 Å². The predicted octanol–water partition coefficient (Wildman–Crippen LogP) is 6.40. The second kappa shape index (κ2) is 13.4. The minimum atomic E-state index is -0.970. The van der Waals surface area contributed by atoms with Gasteiger partial charge in [-0.15, -0.1) is 12.4 Å². The van der Waals surface area contributed by atoms with E-state index in [2.05, 4.69) is 6.92 Å². The quantitative estimate of drug-likeness (QED) is 0.197. The first-order valence-corrected chi connectivity index (χ1v) is 14.6. The molecule has 0 amide bonds. The molecule has 1 aromatic heterocycles. The van der Waals surface area contributed by atoms with Gasteiger partial charge < -0.3 is 33.7 Å². The fourth-order valence-corrected chi connectivity index (χ4v) is 5.57. The number of rotatable bonds is 11. The molecular weight excluding hydrogens is 584 g/mol. The van der Waals surface area contributed by atoms with Crippen LogP contribution in [0, 0.1) is 20.8 Å². The number of aliphatic carboxylic acids is 1. The van der Waals surface area contributed by atoms with Crippen molar-refractivity contribution in [3.8, 4) is 23.0 Å². The number of hydrogen-bond donors (Lipinski definition) is 2. The second-order valence-electron chi connectivity index (χ2n) is 11.5. The van der Waals surface area contributed by atoms with E-state index in [0.29, 0.717) is 31.1 Å². The van der Waals surface area contributed by atoms with Crippen molar-refractivity contribution in [3.63, 3.8) is 0 Å². The molecule has 5 rings (SSSR count). The lowest BCUT2D eigenvalue weighted by Gasteiger charge is -2.37. The zero-order valence-electron chi connectivity index (χ0n) is 26.1. The topological polar surface area (TPSA) is 112 Å². The van der Waals surface area contributed by atoms with Crippen LogP contribution in [0.15, 0.2) is 42.5 Å². The predicted molar refractivity (Wildman–Crippen MR) is 171 cm³/mol. The third-order valence-corrected chi connectivity index (χ3v) is 8.44. The molecule has 10 heteroatoms. The van der Waals surface area contributed by atoms with Gasteiger partial charge in [0.15, 0.2) is 6.10 Å². The molecule has 236 valence electrons. The van der Waals surface area contributed by atoms with Gasteiger partial charge in [0.2, 0.25) is 0 Å². The van der Waals surface area contributed by atoms with Crippen molar-refractivity contribution < 1.29 is 34.0 Å². The fraction of sp³-hybridized carbons (Fsp3) is 0.412. The van der Waals surface area contributed by atoms with Gasteiger partial charge in [-0.05, 0) is 94.0 Å². The van der Waals surface area contributed by atoms with Gasteiger partial charge in [0.1, 0.15) is 47.6 Å². The SMILES string of the molecule is CCOC(Cc1ccc(OCc2nc3ccc(OCC4(C)CCc5c(C)c(O)c(C)c(C)c5O4)cc3n2C)cc1)C(=O)O.Cl. The van der Waals surface area contributed by atoms with Crippen LogP contribution in [-0.2, 0) is 36.0 Å². The molecule has 4 aromatic rings. The van der Waals surface area contributed by atoms with E-state index in [-0.39, 0.29) is 19.0 Å². The van der Waals surface area contributed by atoms with E-state index in [1.165, 1.54) is 0 Å². The molecular formula is C34H41ClN2O7. The molecule has 2 unspecified atom stereocenters. The number of aromatic nitrogens is 2. The smallest absolute Gasteiger partial charge is 0.333 e. The molecule has 3 aromatic carbocycles. The number of phenolic OH excluding ortho intramolecular Hbond substituents is 1. The Bertz CT molecular complexity index is 1650. The summed E-state index contributed by atoms with van der Waals surface area (Å²) >= 11 is 0. The Balaban J connectivity index is 0.00000442. The Kier molecular flexibility index (Phi) is 10.0. The summed E-state index contributed by atoms with van der Waals surface area (Å²) in [4.78, 5) is 16.1. The number of aromatic hydroxyl groups is 1. The zero-order valence-corrected chi connectivity index (χ0v) is 26.9. The molecule has 0 fully saturated rings. The normalized spacial score (nSPS) is 16.5. The Morgan fingerprint density at radius 2 is 1.77 bits per heavy atom. The summed E-state index contributed by atoms with van der Waals surface area (Å²) in [5.74, 6) is 2.42. The van der Waals surface area contributed by atoms with Gasteiger partial charge >= 0.3 is 5.97 Å². The minimum Gasteiger partial charge on any atom is -0.507 e. The first-order valence-electron chi connectivity index (χ1n) is 14.6. The maximum Gasteiger partial charge on any atom is 0.333 e. The molecule has 0 spiro atoms. The van der Waals surface area contributed by atoms with Gasteiger partial charge in [0, 0.05) is 31.7 Å². The van der Waals surface area contributed by atoms with Crippen molar-refractivity contribution in [2.45, 2.75) is 72.2 Å². The van der Waals surface area contributed by atoms with Gasteiger partial charge in [0.25, 0.3) is 0 Å². The van der Waals surface area contributed by atoms with Gasteiger partial charge in [0.05, 0.1) is 11.0 Å². The Labute approximate surface area is 264 Å². The van der Waals surface area contributed by atoms with Crippen molar-refractivity contribution in [1.29, 1.82) is 0 Å². The Morgan fingerprint density at radius 3 is 2.45 bits per heavy atom. The number of carbonyl (C=O) groups is 1. The van der Waals surface area contributed by atoms with E-state index in [1.54, 1.807) is 6.92 Å². The molecule has 0 aliphatic carbocycles. The van der Waals surface area contributed by atoms with Crippen molar-refractivity contribution in [2.24, 2.45) is 7.05 Å². The third-order valence-electron chi connectivity index (χ3n) is 8.44. The van der Waals surface area contributed by atoms with Crippen molar-refractivity contribution >= 4 is 29.4 Å². The average Bonchev–Trinajstić information content (AvgIpc) is 3.31. The maximum atomic E-state index is 11.4. The van der Waals surface area contributed by atoms with Crippen LogP contribution in [0.1, 0.15) is 53.9 Å². The summed E-state index contributed by atoms with van der Waals surface area (Å²) in [5, 5.41) is 19.8. The van der Waals surface area contributed by atoms with Crippen LogP contribution in [0.5, 0.6) is 23.0 Å². The molecule has 0 bridgehead atoms. The van der Waals surface area contributed by atoms with Crippen molar-refractivity contribution in [1.82, 2.24) is 9.55 Å². The van der Waals surface area contributed by atoms with Crippen LogP contribution >= 0.6 is 12.4 Å². The number of benzene rings is 3. The van der Waals surface area contributed by atoms with Crippen LogP contribution in [-0.4, -0.2) is 50.7 Å². The van der Waals surface area contributed by atoms with E-state index < -0.39 is 17.7 Å². The summed E-state index contributed by atoms with van der Waals surface area (Å²) in [6, 6.07) is 13.2. The number of carboxylic acids is 1.